The van der Waals surface area contributed by atoms with Crippen LogP contribution in [-0.4, -0.2) is 17.4 Å². The lowest BCUT2D eigenvalue weighted by molar-refractivity contribution is -0.117. The Morgan fingerprint density at radius 1 is 1.53 bits per heavy atom. The van der Waals surface area contributed by atoms with E-state index in [0.717, 1.165) is 17.7 Å². The Balaban J connectivity index is 2.11. The van der Waals surface area contributed by atoms with Crippen molar-refractivity contribution in [2.75, 3.05) is 11.4 Å². The van der Waals surface area contributed by atoms with Gasteiger partial charge in [-0.3, -0.25) is 4.79 Å². The van der Waals surface area contributed by atoms with Crippen molar-refractivity contribution >= 4 is 40.4 Å². The molecule has 1 heterocycles. The first-order valence-electron chi connectivity index (χ1n) is 5.45. The van der Waals surface area contributed by atoms with Gasteiger partial charge in [-0.15, -0.1) is 0 Å². The van der Waals surface area contributed by atoms with Crippen LogP contribution in [0.15, 0.2) is 18.2 Å². The number of carbonyl (C=O) groups excluding carboxylic acids is 1. The summed E-state index contributed by atoms with van der Waals surface area (Å²) < 4.78 is 0. The minimum absolute atomic E-state index is 0.116. The number of hydrogen-bond acceptors (Lipinski definition) is 2. The summed E-state index contributed by atoms with van der Waals surface area (Å²) in [6.07, 6.45) is 1.90. The van der Waals surface area contributed by atoms with Crippen molar-refractivity contribution in [2.24, 2.45) is 5.73 Å². The number of benzene rings is 1. The second kappa shape index (κ2) is 5.02. The molecule has 0 saturated heterocycles. The van der Waals surface area contributed by atoms with E-state index in [0.29, 0.717) is 29.4 Å². The van der Waals surface area contributed by atoms with Gasteiger partial charge in [0, 0.05) is 17.3 Å². The minimum Gasteiger partial charge on any atom is -0.393 e. The number of carbonyl (C=O) groups is 1. The molecule has 17 heavy (non-hydrogen) atoms. The third-order valence-corrected chi connectivity index (χ3v) is 3.22. The lowest BCUT2D eigenvalue weighted by Crippen LogP contribution is -2.28. The summed E-state index contributed by atoms with van der Waals surface area (Å²) in [5.74, 6) is 0.116. The van der Waals surface area contributed by atoms with E-state index in [4.69, 9.17) is 29.6 Å². The minimum atomic E-state index is 0.116. The largest absolute Gasteiger partial charge is 0.393 e. The number of nitrogens with two attached hydrogens (primary N) is 1. The average Bonchev–Trinajstić information content (AvgIpc) is 2.55. The molecule has 0 radical (unpaired) electrons. The van der Waals surface area contributed by atoms with Crippen LogP contribution >= 0.6 is 23.8 Å². The Labute approximate surface area is 111 Å². The molecule has 0 bridgehead atoms. The summed E-state index contributed by atoms with van der Waals surface area (Å²) in [5.41, 5.74) is 7.40. The van der Waals surface area contributed by atoms with E-state index >= 15 is 0 Å². The normalized spacial score (nSPS) is 13.9. The number of nitrogens with zero attached hydrogens (tertiary/aromatic N) is 1. The second-order valence-electron chi connectivity index (χ2n) is 4.07. The molecule has 0 aromatic heterocycles. The van der Waals surface area contributed by atoms with Crippen molar-refractivity contribution in [3.63, 3.8) is 0 Å². The predicted octanol–water partition coefficient (Wildman–Crippen LogP) is 2.30. The van der Waals surface area contributed by atoms with Crippen LogP contribution in [0.5, 0.6) is 0 Å². The number of anilines is 1. The highest BCUT2D eigenvalue weighted by Gasteiger charge is 2.26. The third-order valence-electron chi connectivity index (χ3n) is 2.79. The van der Waals surface area contributed by atoms with E-state index in [2.05, 4.69) is 0 Å². The number of thiocarbonyl (C=S) groups is 1. The molecule has 0 saturated carbocycles. The second-order valence-corrected chi connectivity index (χ2v) is 5.03. The molecular formula is C12H13ClN2OS. The summed E-state index contributed by atoms with van der Waals surface area (Å²) >= 11 is 10.8. The summed E-state index contributed by atoms with van der Waals surface area (Å²) in [6.45, 7) is 0.642. The van der Waals surface area contributed by atoms with Gasteiger partial charge in [-0.2, -0.15) is 0 Å². The molecule has 1 aromatic rings. The molecule has 0 spiro atoms. The van der Waals surface area contributed by atoms with Gasteiger partial charge in [-0.1, -0.05) is 29.9 Å². The molecule has 1 amide bonds. The van der Waals surface area contributed by atoms with Crippen LogP contribution in [-0.2, 0) is 11.2 Å². The monoisotopic (exact) mass is 268 g/mol. The topological polar surface area (TPSA) is 46.3 Å². The number of rotatable bonds is 4. The van der Waals surface area contributed by atoms with E-state index in [9.17, 15) is 4.79 Å². The van der Waals surface area contributed by atoms with Gasteiger partial charge in [0.05, 0.1) is 11.4 Å². The van der Waals surface area contributed by atoms with Gasteiger partial charge < -0.3 is 10.6 Å². The lowest BCUT2D eigenvalue weighted by Gasteiger charge is -2.17. The van der Waals surface area contributed by atoms with Crippen molar-refractivity contribution in [3.8, 4) is 0 Å². The van der Waals surface area contributed by atoms with E-state index in [1.54, 1.807) is 4.90 Å². The first-order valence-corrected chi connectivity index (χ1v) is 6.23. The van der Waals surface area contributed by atoms with Crippen LogP contribution in [0.2, 0.25) is 5.02 Å². The van der Waals surface area contributed by atoms with Crippen LogP contribution in [0.25, 0.3) is 0 Å². The molecule has 5 heteroatoms. The SMILES string of the molecule is NC(=S)CCCN1C(=O)Cc2ccc(Cl)cc21. The Hall–Kier alpha value is -1.13. The predicted molar refractivity (Wildman–Crippen MR) is 73.5 cm³/mol. The molecule has 0 aliphatic carbocycles. The molecule has 1 aromatic carbocycles. The molecule has 0 fully saturated rings. The smallest absolute Gasteiger partial charge is 0.231 e. The van der Waals surface area contributed by atoms with Crippen LogP contribution in [0.3, 0.4) is 0 Å². The molecule has 1 aliphatic heterocycles. The molecule has 90 valence electrons. The maximum absolute atomic E-state index is 11.8. The Bertz CT molecular complexity index is 476. The van der Waals surface area contributed by atoms with Crippen molar-refractivity contribution < 1.29 is 4.79 Å². The van der Waals surface area contributed by atoms with Gasteiger partial charge in [0.1, 0.15) is 0 Å². The highest BCUT2D eigenvalue weighted by Crippen LogP contribution is 2.31. The summed E-state index contributed by atoms with van der Waals surface area (Å²) in [5, 5.41) is 0.651. The third kappa shape index (κ3) is 2.76. The van der Waals surface area contributed by atoms with E-state index in [1.807, 2.05) is 18.2 Å². The van der Waals surface area contributed by atoms with Gasteiger partial charge in [-0.25, -0.2) is 0 Å². The fourth-order valence-corrected chi connectivity index (χ4v) is 2.30. The lowest BCUT2D eigenvalue weighted by atomic mass is 10.2. The van der Waals surface area contributed by atoms with E-state index in [-0.39, 0.29) is 5.91 Å². The zero-order valence-corrected chi connectivity index (χ0v) is 10.9. The van der Waals surface area contributed by atoms with Crippen molar-refractivity contribution in [1.29, 1.82) is 0 Å². The molecule has 1 aliphatic rings. The fraction of sp³-hybridized carbons (Fsp3) is 0.333. The van der Waals surface area contributed by atoms with Crippen molar-refractivity contribution in [1.82, 2.24) is 0 Å². The first-order chi connectivity index (χ1) is 8.08. The summed E-state index contributed by atoms with van der Waals surface area (Å²) in [7, 11) is 0. The Morgan fingerprint density at radius 2 is 2.29 bits per heavy atom. The van der Waals surface area contributed by atoms with Crippen LogP contribution in [0.1, 0.15) is 18.4 Å². The maximum atomic E-state index is 11.8. The maximum Gasteiger partial charge on any atom is 0.231 e. The molecule has 2 N–H and O–H groups in total. The summed E-state index contributed by atoms with van der Waals surface area (Å²) in [4.78, 5) is 14.1. The van der Waals surface area contributed by atoms with Gasteiger partial charge >= 0.3 is 0 Å². The average molecular weight is 269 g/mol. The van der Waals surface area contributed by atoms with E-state index in [1.165, 1.54) is 0 Å². The standard InChI is InChI=1S/C12H13ClN2OS/c13-9-4-3-8-6-12(16)15(10(8)7-9)5-1-2-11(14)17/h3-4,7H,1-2,5-6H2,(H2,14,17). The molecule has 2 rings (SSSR count). The van der Waals surface area contributed by atoms with Crippen molar-refractivity contribution in [3.05, 3.63) is 28.8 Å². The molecule has 0 atom stereocenters. The van der Waals surface area contributed by atoms with Crippen LogP contribution in [0.4, 0.5) is 5.69 Å². The molecular weight excluding hydrogens is 256 g/mol. The van der Waals surface area contributed by atoms with Crippen LogP contribution < -0.4 is 10.6 Å². The number of hydrogen-bond donors (Lipinski definition) is 1. The fourth-order valence-electron chi connectivity index (χ4n) is 1.99. The highest BCUT2D eigenvalue weighted by atomic mass is 35.5. The van der Waals surface area contributed by atoms with Gasteiger partial charge in [-0.05, 0) is 30.5 Å². The quantitative estimate of drug-likeness (QED) is 0.853. The molecule has 0 unspecified atom stereocenters. The number of amides is 1. The van der Waals surface area contributed by atoms with Gasteiger partial charge in [0.2, 0.25) is 5.91 Å². The molecule has 3 nitrogen and oxygen atoms in total. The first kappa shape index (κ1) is 12.3. The highest BCUT2D eigenvalue weighted by molar-refractivity contribution is 7.80. The van der Waals surface area contributed by atoms with E-state index < -0.39 is 0 Å². The summed E-state index contributed by atoms with van der Waals surface area (Å²) in [6, 6.07) is 5.55. The number of fused-ring (bicyclic) bond motifs is 1. The Kier molecular flexibility index (Phi) is 3.64. The van der Waals surface area contributed by atoms with Gasteiger partial charge in [0.15, 0.2) is 0 Å². The van der Waals surface area contributed by atoms with Gasteiger partial charge in [0.25, 0.3) is 0 Å². The zero-order valence-electron chi connectivity index (χ0n) is 9.28. The Morgan fingerprint density at radius 3 is 3.00 bits per heavy atom. The van der Waals surface area contributed by atoms with Crippen molar-refractivity contribution in [2.45, 2.75) is 19.3 Å². The number of halogens is 1. The zero-order chi connectivity index (χ0) is 12.4. The van der Waals surface area contributed by atoms with Crippen LogP contribution in [0, 0.1) is 0 Å².